The lowest BCUT2D eigenvalue weighted by Crippen LogP contribution is -2.09. The highest BCUT2D eigenvalue weighted by Gasteiger charge is 2.19. The van der Waals surface area contributed by atoms with E-state index in [9.17, 15) is 0 Å². The molecular weight excluding hydrogens is 723 g/mol. The average Bonchev–Trinajstić information content (AvgIpc) is 3.33. The van der Waals surface area contributed by atoms with Crippen LogP contribution in [0.3, 0.4) is 0 Å². The summed E-state index contributed by atoms with van der Waals surface area (Å²) in [6.07, 6.45) is 2.06. The second-order valence-electron chi connectivity index (χ2n) is 15.8. The molecule has 9 rings (SSSR count). The van der Waals surface area contributed by atoms with Crippen molar-refractivity contribution in [2.24, 2.45) is 0 Å². The summed E-state index contributed by atoms with van der Waals surface area (Å²) in [7, 11) is 0. The largest absolute Gasteiger partial charge is 0.311 e. The third-order valence-electron chi connectivity index (χ3n) is 11.9. The molecule has 0 aromatic heterocycles. The number of hydrogen-bond acceptors (Lipinski definition) is 1. The first-order chi connectivity index (χ1) is 29.6. The fourth-order valence-corrected chi connectivity index (χ4v) is 8.49. The Morgan fingerprint density at radius 1 is 0.300 bits per heavy atom. The number of nitrogens with zero attached hydrogens (tertiary/aromatic N) is 1. The van der Waals surface area contributed by atoms with Gasteiger partial charge < -0.3 is 4.90 Å². The molecule has 0 heterocycles. The zero-order valence-electron chi connectivity index (χ0n) is 34.1. The molecule has 0 bridgehead atoms. The van der Waals surface area contributed by atoms with Gasteiger partial charge in [0.25, 0.3) is 0 Å². The maximum absolute atomic E-state index is 2.39. The summed E-state index contributed by atoms with van der Waals surface area (Å²) in [6, 6.07) is 88.0. The molecule has 0 spiro atoms. The Bertz CT molecular complexity index is 2650. The lowest BCUT2D eigenvalue weighted by atomic mass is 9.82. The van der Waals surface area contributed by atoms with Crippen molar-refractivity contribution in [3.05, 3.63) is 259 Å². The fourth-order valence-electron chi connectivity index (χ4n) is 8.49. The second kappa shape index (κ2) is 18.1. The van der Waals surface area contributed by atoms with Crippen LogP contribution < -0.4 is 4.90 Å². The molecule has 0 saturated carbocycles. The molecule has 2 atom stereocenters. The number of benzene rings is 9. The third-order valence-corrected chi connectivity index (χ3v) is 11.9. The minimum atomic E-state index is 0.383. The van der Waals surface area contributed by atoms with Gasteiger partial charge in [-0.3, -0.25) is 0 Å². The lowest BCUT2D eigenvalue weighted by Gasteiger charge is -2.25. The van der Waals surface area contributed by atoms with Crippen LogP contribution in [0.25, 0.3) is 44.5 Å². The van der Waals surface area contributed by atoms with Crippen LogP contribution in [0.2, 0.25) is 0 Å². The van der Waals surface area contributed by atoms with E-state index in [4.69, 9.17) is 0 Å². The Labute approximate surface area is 355 Å². The Kier molecular flexibility index (Phi) is 11.6. The first kappa shape index (κ1) is 38.3. The minimum absolute atomic E-state index is 0.383. The zero-order valence-corrected chi connectivity index (χ0v) is 34.1. The Hall–Kier alpha value is -7.22. The van der Waals surface area contributed by atoms with Gasteiger partial charge in [-0.25, -0.2) is 0 Å². The molecule has 9 aromatic rings. The van der Waals surface area contributed by atoms with E-state index in [1.165, 1.54) is 61.2 Å². The molecule has 60 heavy (non-hydrogen) atoms. The van der Waals surface area contributed by atoms with E-state index in [0.29, 0.717) is 11.8 Å². The highest BCUT2D eigenvalue weighted by Crippen LogP contribution is 2.37. The van der Waals surface area contributed by atoms with Crippen molar-refractivity contribution in [1.29, 1.82) is 0 Å². The van der Waals surface area contributed by atoms with Crippen molar-refractivity contribution in [1.82, 2.24) is 0 Å². The number of anilines is 3. The maximum atomic E-state index is 2.39. The number of para-hydroxylation sites is 2. The summed E-state index contributed by atoms with van der Waals surface area (Å²) in [5, 5.41) is 0. The third kappa shape index (κ3) is 8.92. The second-order valence-corrected chi connectivity index (χ2v) is 15.8. The van der Waals surface area contributed by atoms with Gasteiger partial charge in [0.05, 0.1) is 0 Å². The van der Waals surface area contributed by atoms with Gasteiger partial charge in [-0.2, -0.15) is 0 Å². The molecule has 0 aliphatic heterocycles. The summed E-state index contributed by atoms with van der Waals surface area (Å²) < 4.78 is 0. The van der Waals surface area contributed by atoms with Crippen LogP contribution in [0.4, 0.5) is 17.1 Å². The summed E-state index contributed by atoms with van der Waals surface area (Å²) in [4.78, 5) is 2.30. The highest BCUT2D eigenvalue weighted by molar-refractivity contribution is 5.79. The standard InChI is InChI=1S/C59H49N/c1-44(42-56(55-36-34-50(35-37-55)48-16-8-3-9-17-48)43-45-22-24-49(25-23-45)47-14-6-2-7-15-47)46-26-28-51(29-27-46)52-30-32-53(33-31-52)54-38-40-59(41-39-54)60(57-18-10-4-11-19-57)58-20-12-5-13-21-58/h2-41,44,56H,42-43H2,1H3. The lowest BCUT2D eigenvalue weighted by molar-refractivity contribution is 0.555. The highest BCUT2D eigenvalue weighted by atomic mass is 15.1. The van der Waals surface area contributed by atoms with Crippen molar-refractivity contribution < 1.29 is 0 Å². The maximum Gasteiger partial charge on any atom is 0.0462 e. The Morgan fingerprint density at radius 3 is 1.02 bits per heavy atom. The van der Waals surface area contributed by atoms with Crippen molar-refractivity contribution >= 4 is 17.1 Å². The van der Waals surface area contributed by atoms with E-state index in [-0.39, 0.29) is 0 Å². The molecule has 0 fully saturated rings. The quantitative estimate of drug-likeness (QED) is 0.113. The average molecular weight is 772 g/mol. The first-order valence-corrected chi connectivity index (χ1v) is 21.2. The topological polar surface area (TPSA) is 3.24 Å². The Morgan fingerprint density at radius 2 is 0.600 bits per heavy atom. The predicted molar refractivity (Wildman–Crippen MR) is 255 cm³/mol. The van der Waals surface area contributed by atoms with E-state index in [1.54, 1.807) is 0 Å². The normalized spacial score (nSPS) is 12.1. The molecule has 0 aliphatic carbocycles. The van der Waals surface area contributed by atoms with E-state index >= 15 is 0 Å². The van der Waals surface area contributed by atoms with Gasteiger partial charge in [0.1, 0.15) is 0 Å². The van der Waals surface area contributed by atoms with Crippen LogP contribution in [0.5, 0.6) is 0 Å². The van der Waals surface area contributed by atoms with Gasteiger partial charge in [0, 0.05) is 17.1 Å². The SMILES string of the molecule is CC(CC(Cc1ccc(-c2ccccc2)cc1)c1ccc(-c2ccccc2)cc1)c1ccc(-c2ccc(-c3ccc(N(c4ccccc4)c4ccccc4)cc3)cc2)cc1. The molecule has 290 valence electrons. The van der Waals surface area contributed by atoms with Crippen molar-refractivity contribution in [2.75, 3.05) is 4.90 Å². The summed E-state index contributed by atoms with van der Waals surface area (Å²) >= 11 is 0. The molecule has 0 saturated heterocycles. The van der Waals surface area contributed by atoms with Crippen LogP contribution in [0, 0.1) is 0 Å². The first-order valence-electron chi connectivity index (χ1n) is 21.2. The van der Waals surface area contributed by atoms with Gasteiger partial charge >= 0.3 is 0 Å². The molecule has 0 amide bonds. The van der Waals surface area contributed by atoms with Crippen LogP contribution >= 0.6 is 0 Å². The van der Waals surface area contributed by atoms with E-state index in [2.05, 4.69) is 254 Å². The Balaban J connectivity index is 0.900. The fraction of sp³-hybridized carbons (Fsp3) is 0.0847. The number of hydrogen-bond donors (Lipinski definition) is 0. The van der Waals surface area contributed by atoms with Gasteiger partial charge in [0.15, 0.2) is 0 Å². The van der Waals surface area contributed by atoms with E-state index in [0.717, 1.165) is 29.9 Å². The van der Waals surface area contributed by atoms with Crippen LogP contribution in [0.1, 0.15) is 41.9 Å². The molecule has 0 aliphatic rings. The molecule has 2 unspecified atom stereocenters. The number of rotatable bonds is 13. The van der Waals surface area contributed by atoms with E-state index < -0.39 is 0 Å². The van der Waals surface area contributed by atoms with Crippen molar-refractivity contribution in [2.45, 2.75) is 31.6 Å². The van der Waals surface area contributed by atoms with Crippen LogP contribution in [0.15, 0.2) is 243 Å². The molecule has 9 aromatic carbocycles. The minimum Gasteiger partial charge on any atom is -0.311 e. The van der Waals surface area contributed by atoms with Gasteiger partial charge in [-0.05, 0) is 122 Å². The monoisotopic (exact) mass is 771 g/mol. The molecule has 0 radical (unpaired) electrons. The predicted octanol–water partition coefficient (Wildman–Crippen LogP) is 16.3. The smallest absolute Gasteiger partial charge is 0.0462 e. The van der Waals surface area contributed by atoms with Gasteiger partial charge in [-0.15, -0.1) is 0 Å². The van der Waals surface area contributed by atoms with Crippen molar-refractivity contribution in [3.63, 3.8) is 0 Å². The zero-order chi connectivity index (χ0) is 40.5. The molecule has 1 nitrogen and oxygen atoms in total. The molecular formula is C59H49N. The summed E-state index contributed by atoms with van der Waals surface area (Å²) in [5.41, 5.74) is 17.4. The van der Waals surface area contributed by atoms with Gasteiger partial charge in [-0.1, -0.05) is 213 Å². The summed E-state index contributed by atoms with van der Waals surface area (Å²) in [6.45, 7) is 2.39. The van der Waals surface area contributed by atoms with Gasteiger partial charge in [0.2, 0.25) is 0 Å². The van der Waals surface area contributed by atoms with E-state index in [1.807, 2.05) is 0 Å². The molecule has 0 N–H and O–H groups in total. The summed E-state index contributed by atoms with van der Waals surface area (Å²) in [5.74, 6) is 0.778. The van der Waals surface area contributed by atoms with Crippen LogP contribution in [-0.2, 0) is 6.42 Å². The van der Waals surface area contributed by atoms with Crippen molar-refractivity contribution in [3.8, 4) is 44.5 Å². The molecule has 1 heteroatoms. The van der Waals surface area contributed by atoms with Crippen LogP contribution in [-0.4, -0.2) is 0 Å².